The number of amides is 1. The number of anilines is 1. The van der Waals surface area contributed by atoms with Crippen molar-refractivity contribution in [3.8, 4) is 17.4 Å². The molecule has 0 saturated heterocycles. The molecule has 156 valence electrons. The SMILES string of the molecule is Cc1cc(C)n(-c2ccc(Oc3ccc(NC(=O)c4ccc(Cl)cc4Cl)cc3)nn2)n1. The lowest BCUT2D eigenvalue weighted by Crippen LogP contribution is -2.12. The summed E-state index contributed by atoms with van der Waals surface area (Å²) in [6.07, 6.45) is 0. The van der Waals surface area contributed by atoms with Gasteiger partial charge in [0.15, 0.2) is 5.82 Å². The maximum Gasteiger partial charge on any atom is 0.257 e. The van der Waals surface area contributed by atoms with E-state index in [0.717, 1.165) is 11.4 Å². The Morgan fingerprint density at radius 1 is 0.968 bits per heavy atom. The third kappa shape index (κ3) is 4.84. The molecule has 0 atom stereocenters. The minimum atomic E-state index is -0.332. The fourth-order valence-electron chi connectivity index (χ4n) is 2.94. The first-order chi connectivity index (χ1) is 14.9. The largest absolute Gasteiger partial charge is 0.438 e. The Morgan fingerprint density at radius 2 is 1.74 bits per heavy atom. The third-order valence-electron chi connectivity index (χ3n) is 4.36. The molecule has 0 bridgehead atoms. The van der Waals surface area contributed by atoms with Crippen molar-refractivity contribution in [1.82, 2.24) is 20.0 Å². The number of nitrogens with one attached hydrogen (secondary N) is 1. The van der Waals surface area contributed by atoms with Gasteiger partial charge in [-0.2, -0.15) is 5.10 Å². The Balaban J connectivity index is 1.41. The van der Waals surface area contributed by atoms with Crippen molar-refractivity contribution < 1.29 is 9.53 Å². The Morgan fingerprint density at radius 3 is 2.35 bits per heavy atom. The highest BCUT2D eigenvalue weighted by Crippen LogP contribution is 2.24. The molecule has 31 heavy (non-hydrogen) atoms. The van der Waals surface area contributed by atoms with E-state index < -0.39 is 0 Å². The number of benzene rings is 2. The van der Waals surface area contributed by atoms with Crippen LogP contribution in [0.1, 0.15) is 21.7 Å². The second-order valence-electron chi connectivity index (χ2n) is 6.77. The van der Waals surface area contributed by atoms with Crippen molar-refractivity contribution in [2.75, 3.05) is 5.32 Å². The monoisotopic (exact) mass is 453 g/mol. The first kappa shape index (κ1) is 20.8. The number of halogens is 2. The predicted molar refractivity (Wildman–Crippen MR) is 120 cm³/mol. The van der Waals surface area contributed by atoms with Crippen LogP contribution in [0.15, 0.2) is 60.7 Å². The second-order valence-corrected chi connectivity index (χ2v) is 7.62. The van der Waals surface area contributed by atoms with Crippen LogP contribution in [0.25, 0.3) is 5.82 Å². The van der Waals surface area contributed by atoms with E-state index in [4.69, 9.17) is 27.9 Å². The van der Waals surface area contributed by atoms with E-state index >= 15 is 0 Å². The molecule has 0 saturated carbocycles. The molecule has 2 aromatic heterocycles. The van der Waals surface area contributed by atoms with E-state index in [0.29, 0.717) is 33.7 Å². The van der Waals surface area contributed by atoms with Crippen LogP contribution in [0.4, 0.5) is 5.69 Å². The van der Waals surface area contributed by atoms with E-state index in [1.165, 1.54) is 6.07 Å². The van der Waals surface area contributed by atoms with Crippen LogP contribution in [-0.2, 0) is 0 Å². The summed E-state index contributed by atoms with van der Waals surface area (Å²) in [4.78, 5) is 12.4. The van der Waals surface area contributed by atoms with Gasteiger partial charge in [0.25, 0.3) is 5.91 Å². The summed E-state index contributed by atoms with van der Waals surface area (Å²) in [6, 6.07) is 17.0. The number of aryl methyl sites for hydroxylation is 2. The van der Waals surface area contributed by atoms with Gasteiger partial charge in [0.1, 0.15) is 5.75 Å². The van der Waals surface area contributed by atoms with Gasteiger partial charge < -0.3 is 10.1 Å². The molecule has 4 aromatic rings. The summed E-state index contributed by atoms with van der Waals surface area (Å²) in [6.45, 7) is 3.87. The Bertz CT molecular complexity index is 1240. The summed E-state index contributed by atoms with van der Waals surface area (Å²) in [7, 11) is 0. The number of hydrogen-bond donors (Lipinski definition) is 1. The molecule has 9 heteroatoms. The average Bonchev–Trinajstić information content (AvgIpc) is 3.08. The molecule has 2 aromatic carbocycles. The second kappa shape index (κ2) is 8.75. The van der Waals surface area contributed by atoms with Crippen LogP contribution in [-0.4, -0.2) is 25.9 Å². The molecular weight excluding hydrogens is 437 g/mol. The van der Waals surface area contributed by atoms with E-state index in [1.807, 2.05) is 19.9 Å². The zero-order valence-corrected chi connectivity index (χ0v) is 18.1. The highest BCUT2D eigenvalue weighted by Gasteiger charge is 2.11. The summed E-state index contributed by atoms with van der Waals surface area (Å²) >= 11 is 12.0. The van der Waals surface area contributed by atoms with Crippen molar-refractivity contribution in [2.24, 2.45) is 0 Å². The van der Waals surface area contributed by atoms with Crippen LogP contribution in [0, 0.1) is 13.8 Å². The summed E-state index contributed by atoms with van der Waals surface area (Å²) in [5, 5.41) is 16.2. The molecule has 1 amide bonds. The molecular formula is C22H17Cl2N5O2. The van der Waals surface area contributed by atoms with Gasteiger partial charge in [0.05, 0.1) is 16.3 Å². The van der Waals surface area contributed by atoms with Crippen LogP contribution in [0.3, 0.4) is 0 Å². The predicted octanol–water partition coefficient (Wildman–Crippen LogP) is 5.63. The molecule has 0 fully saturated rings. The first-order valence-electron chi connectivity index (χ1n) is 9.31. The Kier molecular flexibility index (Phi) is 5.88. The smallest absolute Gasteiger partial charge is 0.257 e. The number of rotatable bonds is 5. The topological polar surface area (TPSA) is 81.9 Å². The normalized spacial score (nSPS) is 10.7. The highest BCUT2D eigenvalue weighted by atomic mass is 35.5. The van der Waals surface area contributed by atoms with Crippen LogP contribution >= 0.6 is 23.2 Å². The van der Waals surface area contributed by atoms with Gasteiger partial charge in [0.2, 0.25) is 5.88 Å². The van der Waals surface area contributed by atoms with Crippen molar-refractivity contribution in [1.29, 1.82) is 0 Å². The fraction of sp³-hybridized carbons (Fsp3) is 0.0909. The third-order valence-corrected chi connectivity index (χ3v) is 4.91. The van der Waals surface area contributed by atoms with Gasteiger partial charge in [-0.1, -0.05) is 23.2 Å². The standard InChI is InChI=1S/C22H17Cl2N5O2/c1-13-11-14(2)29(28-13)20-9-10-21(27-26-20)31-17-6-4-16(5-7-17)25-22(30)18-8-3-15(23)12-19(18)24/h3-12H,1-2H3,(H,25,30). The minimum Gasteiger partial charge on any atom is -0.438 e. The molecule has 0 radical (unpaired) electrons. The molecule has 1 N–H and O–H groups in total. The average molecular weight is 454 g/mol. The number of carbonyl (C=O) groups excluding carboxylic acids is 1. The fourth-order valence-corrected chi connectivity index (χ4v) is 3.43. The lowest BCUT2D eigenvalue weighted by Gasteiger charge is -2.09. The summed E-state index contributed by atoms with van der Waals surface area (Å²) in [5.41, 5.74) is 2.81. The van der Waals surface area contributed by atoms with Gasteiger partial charge in [-0.05, 0) is 68.4 Å². The van der Waals surface area contributed by atoms with Crippen LogP contribution in [0.2, 0.25) is 10.0 Å². The van der Waals surface area contributed by atoms with Gasteiger partial charge >= 0.3 is 0 Å². The molecule has 0 spiro atoms. The lowest BCUT2D eigenvalue weighted by atomic mass is 10.2. The molecule has 2 heterocycles. The van der Waals surface area contributed by atoms with E-state index in [-0.39, 0.29) is 10.9 Å². The summed E-state index contributed by atoms with van der Waals surface area (Å²) < 4.78 is 7.45. The molecule has 0 unspecified atom stereocenters. The number of nitrogens with zero attached hydrogens (tertiary/aromatic N) is 4. The number of hydrogen-bond acceptors (Lipinski definition) is 5. The minimum absolute atomic E-state index is 0.285. The molecule has 0 aliphatic rings. The van der Waals surface area contributed by atoms with Gasteiger partial charge in [0, 0.05) is 22.5 Å². The van der Waals surface area contributed by atoms with Gasteiger partial charge in [-0.3, -0.25) is 4.79 Å². The lowest BCUT2D eigenvalue weighted by molar-refractivity contribution is 0.102. The van der Waals surface area contributed by atoms with Crippen molar-refractivity contribution >= 4 is 34.8 Å². The Labute approximate surface area is 188 Å². The number of carbonyl (C=O) groups is 1. The molecule has 4 rings (SSSR count). The number of aromatic nitrogens is 4. The molecule has 0 aliphatic carbocycles. The maximum absolute atomic E-state index is 12.4. The zero-order chi connectivity index (χ0) is 22.0. The van der Waals surface area contributed by atoms with E-state index in [1.54, 1.807) is 53.2 Å². The van der Waals surface area contributed by atoms with Crippen LogP contribution < -0.4 is 10.1 Å². The van der Waals surface area contributed by atoms with Crippen molar-refractivity contribution in [3.05, 3.63) is 87.7 Å². The van der Waals surface area contributed by atoms with E-state index in [2.05, 4.69) is 20.6 Å². The molecule has 7 nitrogen and oxygen atoms in total. The van der Waals surface area contributed by atoms with Crippen molar-refractivity contribution in [3.63, 3.8) is 0 Å². The zero-order valence-electron chi connectivity index (χ0n) is 16.6. The maximum atomic E-state index is 12.4. The first-order valence-corrected chi connectivity index (χ1v) is 10.1. The molecule has 0 aliphatic heterocycles. The van der Waals surface area contributed by atoms with E-state index in [9.17, 15) is 4.79 Å². The summed E-state index contributed by atoms with van der Waals surface area (Å²) in [5.74, 6) is 1.17. The number of ether oxygens (including phenoxy) is 1. The highest BCUT2D eigenvalue weighted by molar-refractivity contribution is 6.37. The van der Waals surface area contributed by atoms with Gasteiger partial charge in [-0.25, -0.2) is 4.68 Å². The Hall–Kier alpha value is -3.42. The van der Waals surface area contributed by atoms with Crippen molar-refractivity contribution in [2.45, 2.75) is 13.8 Å². The van der Waals surface area contributed by atoms with Crippen LogP contribution in [0.5, 0.6) is 11.6 Å². The van der Waals surface area contributed by atoms with Gasteiger partial charge in [-0.15, -0.1) is 10.2 Å². The quantitative estimate of drug-likeness (QED) is 0.423.